The second-order valence-electron chi connectivity index (χ2n) is 3.76. The molecule has 84 valence electrons. The van der Waals surface area contributed by atoms with Crippen LogP contribution in [0.1, 0.15) is 18.9 Å². The molecule has 0 saturated carbocycles. The zero-order chi connectivity index (χ0) is 11.5. The van der Waals surface area contributed by atoms with E-state index in [4.69, 9.17) is 34.8 Å². The van der Waals surface area contributed by atoms with Crippen LogP contribution in [0.3, 0.4) is 0 Å². The highest BCUT2D eigenvalue weighted by molar-refractivity contribution is 6.48. The van der Waals surface area contributed by atoms with Gasteiger partial charge >= 0.3 is 0 Å². The molecule has 1 aromatic carbocycles. The molecule has 0 amide bonds. The maximum Gasteiger partial charge on any atom is 0.118 e. The molecule has 1 unspecified atom stereocenters. The highest BCUT2D eigenvalue weighted by atomic mass is 35.5. The zero-order valence-corrected chi connectivity index (χ0v) is 10.6. The Hall–Kier alpha value is 0.0500. The van der Waals surface area contributed by atoms with Crippen molar-refractivity contribution >= 4 is 34.8 Å². The van der Waals surface area contributed by atoms with Crippen molar-refractivity contribution in [1.82, 2.24) is 0 Å². The van der Waals surface area contributed by atoms with Gasteiger partial charge in [0.05, 0.1) is 6.10 Å². The molecule has 0 heterocycles. The number of rotatable bonds is 4. The van der Waals surface area contributed by atoms with E-state index < -0.39 is 10.4 Å². The Morgan fingerprint density at radius 2 is 1.80 bits per heavy atom. The fourth-order valence-electron chi connectivity index (χ4n) is 1.38. The van der Waals surface area contributed by atoms with Gasteiger partial charge in [-0.25, -0.2) is 0 Å². The van der Waals surface area contributed by atoms with Crippen LogP contribution in [-0.2, 0) is 6.42 Å². The van der Waals surface area contributed by atoms with Crippen LogP contribution in [0.5, 0.6) is 0 Å². The van der Waals surface area contributed by atoms with Crippen LogP contribution in [0.15, 0.2) is 24.3 Å². The van der Waals surface area contributed by atoms with Gasteiger partial charge in [0.1, 0.15) is 4.33 Å². The first kappa shape index (κ1) is 13.1. The molecule has 0 aliphatic rings. The van der Waals surface area contributed by atoms with Crippen molar-refractivity contribution in [2.75, 3.05) is 0 Å². The average molecular weight is 268 g/mol. The van der Waals surface area contributed by atoms with E-state index >= 15 is 0 Å². The SMILES string of the molecule is CC(Cl)(Cl)CC(O)Cc1ccc(Cl)cc1. The van der Waals surface area contributed by atoms with Crippen LogP contribution < -0.4 is 0 Å². The van der Waals surface area contributed by atoms with E-state index in [1.54, 1.807) is 19.1 Å². The fourth-order valence-corrected chi connectivity index (χ4v) is 1.86. The van der Waals surface area contributed by atoms with E-state index in [1.165, 1.54) is 0 Å². The summed E-state index contributed by atoms with van der Waals surface area (Å²) in [5.41, 5.74) is 1.02. The van der Waals surface area contributed by atoms with E-state index in [1.807, 2.05) is 12.1 Å². The van der Waals surface area contributed by atoms with E-state index in [9.17, 15) is 5.11 Å². The minimum atomic E-state index is -0.883. The molecule has 1 nitrogen and oxygen atoms in total. The number of hydrogen-bond acceptors (Lipinski definition) is 1. The van der Waals surface area contributed by atoms with Gasteiger partial charge < -0.3 is 5.11 Å². The van der Waals surface area contributed by atoms with Crippen molar-refractivity contribution in [1.29, 1.82) is 0 Å². The predicted octanol–water partition coefficient (Wildman–Crippen LogP) is 3.83. The van der Waals surface area contributed by atoms with E-state index in [0.717, 1.165) is 5.56 Å². The lowest BCUT2D eigenvalue weighted by Crippen LogP contribution is -2.20. The molecule has 0 saturated heterocycles. The summed E-state index contributed by atoms with van der Waals surface area (Å²) in [6, 6.07) is 7.35. The highest BCUT2D eigenvalue weighted by Crippen LogP contribution is 2.26. The predicted molar refractivity (Wildman–Crippen MR) is 65.9 cm³/mol. The second kappa shape index (κ2) is 5.40. The number of halogens is 3. The summed E-state index contributed by atoms with van der Waals surface area (Å²) < 4.78 is -0.883. The van der Waals surface area contributed by atoms with E-state index in [-0.39, 0.29) is 0 Å². The number of aliphatic hydroxyl groups excluding tert-OH is 1. The summed E-state index contributed by atoms with van der Waals surface area (Å²) in [5.74, 6) is 0. The molecule has 0 spiro atoms. The molecule has 0 aliphatic heterocycles. The van der Waals surface area contributed by atoms with Crippen molar-refractivity contribution in [2.24, 2.45) is 0 Å². The topological polar surface area (TPSA) is 20.2 Å². The Kier molecular flexibility index (Phi) is 4.72. The Labute approximate surface area is 105 Å². The van der Waals surface area contributed by atoms with Crippen LogP contribution in [0, 0.1) is 0 Å². The zero-order valence-electron chi connectivity index (χ0n) is 8.38. The van der Waals surface area contributed by atoms with Crippen LogP contribution in [0.4, 0.5) is 0 Å². The van der Waals surface area contributed by atoms with Crippen molar-refractivity contribution in [3.63, 3.8) is 0 Å². The quantitative estimate of drug-likeness (QED) is 0.822. The molecule has 1 rings (SSSR count). The fraction of sp³-hybridized carbons (Fsp3) is 0.455. The van der Waals surface area contributed by atoms with Gasteiger partial charge in [0.2, 0.25) is 0 Å². The van der Waals surface area contributed by atoms with Crippen molar-refractivity contribution in [3.8, 4) is 0 Å². The number of alkyl halides is 2. The minimum absolute atomic E-state index is 0.346. The lowest BCUT2D eigenvalue weighted by Gasteiger charge is -2.18. The van der Waals surface area contributed by atoms with Gasteiger partial charge in [0.25, 0.3) is 0 Å². The maximum absolute atomic E-state index is 9.71. The number of benzene rings is 1. The highest BCUT2D eigenvalue weighted by Gasteiger charge is 2.21. The van der Waals surface area contributed by atoms with Crippen LogP contribution >= 0.6 is 34.8 Å². The maximum atomic E-state index is 9.71. The van der Waals surface area contributed by atoms with Crippen molar-refractivity contribution in [3.05, 3.63) is 34.9 Å². The average Bonchev–Trinajstić information content (AvgIpc) is 2.05. The summed E-state index contributed by atoms with van der Waals surface area (Å²) >= 11 is 17.4. The van der Waals surface area contributed by atoms with Gasteiger partial charge in [-0.3, -0.25) is 0 Å². The smallest absolute Gasteiger partial charge is 0.118 e. The molecule has 4 heteroatoms. The number of aliphatic hydroxyl groups is 1. The molecular formula is C11H13Cl3O. The monoisotopic (exact) mass is 266 g/mol. The minimum Gasteiger partial charge on any atom is -0.393 e. The Balaban J connectivity index is 2.51. The van der Waals surface area contributed by atoms with Gasteiger partial charge in [-0.2, -0.15) is 0 Å². The second-order valence-corrected chi connectivity index (χ2v) is 6.06. The van der Waals surface area contributed by atoms with Gasteiger partial charge in [0, 0.05) is 11.4 Å². The first-order valence-electron chi connectivity index (χ1n) is 4.67. The molecular weight excluding hydrogens is 254 g/mol. The molecule has 1 aromatic rings. The van der Waals surface area contributed by atoms with E-state index in [2.05, 4.69) is 0 Å². The number of hydrogen-bond donors (Lipinski definition) is 1. The van der Waals surface area contributed by atoms with Gasteiger partial charge in [-0.15, -0.1) is 23.2 Å². The van der Waals surface area contributed by atoms with Gasteiger partial charge in [-0.1, -0.05) is 23.7 Å². The molecule has 15 heavy (non-hydrogen) atoms. The molecule has 1 atom stereocenters. The Morgan fingerprint density at radius 3 is 2.27 bits per heavy atom. The normalized spacial score (nSPS) is 13.9. The molecule has 1 N–H and O–H groups in total. The lowest BCUT2D eigenvalue weighted by molar-refractivity contribution is 0.161. The van der Waals surface area contributed by atoms with Gasteiger partial charge in [-0.05, 0) is 31.0 Å². The Bertz CT molecular complexity index is 303. The molecule has 0 aliphatic carbocycles. The summed E-state index contributed by atoms with van der Waals surface area (Å²) in [6.45, 7) is 1.67. The third-order valence-corrected chi connectivity index (χ3v) is 2.54. The first-order chi connectivity index (χ1) is 6.87. The summed E-state index contributed by atoms with van der Waals surface area (Å²) in [4.78, 5) is 0. The van der Waals surface area contributed by atoms with Crippen molar-refractivity contribution < 1.29 is 5.11 Å². The lowest BCUT2D eigenvalue weighted by atomic mass is 10.0. The first-order valence-corrected chi connectivity index (χ1v) is 5.80. The largest absolute Gasteiger partial charge is 0.393 e. The molecule has 0 aromatic heterocycles. The van der Waals surface area contributed by atoms with Crippen LogP contribution in [-0.4, -0.2) is 15.5 Å². The third kappa shape index (κ3) is 5.62. The summed E-state index contributed by atoms with van der Waals surface area (Å²) in [7, 11) is 0. The standard InChI is InChI=1S/C11H13Cl3O/c1-11(13,14)7-10(15)6-8-2-4-9(12)5-3-8/h2-5,10,15H,6-7H2,1H3. The van der Waals surface area contributed by atoms with Gasteiger partial charge in [0.15, 0.2) is 0 Å². The summed E-state index contributed by atoms with van der Waals surface area (Å²) in [5, 5.41) is 10.4. The summed E-state index contributed by atoms with van der Waals surface area (Å²) in [6.07, 6.45) is 0.344. The molecule has 0 radical (unpaired) electrons. The Morgan fingerprint density at radius 1 is 1.27 bits per heavy atom. The molecule has 0 fully saturated rings. The van der Waals surface area contributed by atoms with E-state index in [0.29, 0.717) is 17.9 Å². The van der Waals surface area contributed by atoms with Crippen LogP contribution in [0.25, 0.3) is 0 Å². The van der Waals surface area contributed by atoms with Crippen LogP contribution in [0.2, 0.25) is 5.02 Å². The molecule has 0 bridgehead atoms. The van der Waals surface area contributed by atoms with Crippen molar-refractivity contribution in [2.45, 2.75) is 30.2 Å². The third-order valence-electron chi connectivity index (χ3n) is 1.98.